The van der Waals surface area contributed by atoms with Gasteiger partial charge < -0.3 is 5.11 Å². The van der Waals surface area contributed by atoms with Crippen molar-refractivity contribution in [2.24, 2.45) is 0 Å². The second-order valence-corrected chi connectivity index (χ2v) is 7.31. The molecule has 0 amide bonds. The molecule has 1 aromatic rings. The minimum atomic E-state index is -3.09. The lowest BCUT2D eigenvalue weighted by molar-refractivity contribution is 0.0645. The van der Waals surface area contributed by atoms with E-state index in [1.807, 2.05) is 32.9 Å². The monoisotopic (exact) mass is 254 g/mol. The molecule has 1 atom stereocenters. The van der Waals surface area contributed by atoms with E-state index in [4.69, 9.17) is 0 Å². The zero-order valence-corrected chi connectivity index (χ0v) is 11.3. The van der Waals surface area contributed by atoms with Crippen molar-refractivity contribution in [1.82, 2.24) is 0 Å². The summed E-state index contributed by atoms with van der Waals surface area (Å²) in [6.07, 6.45) is 0.304. The zero-order chi connectivity index (χ0) is 12.8. The molecule has 0 saturated carbocycles. The molecule has 0 bridgehead atoms. The molecular weight excluding hydrogens is 236 g/mol. The summed E-state index contributed by atoms with van der Waals surface area (Å²) in [7, 11) is -3.09. The van der Waals surface area contributed by atoms with Crippen molar-refractivity contribution in [1.29, 1.82) is 0 Å². The maximum absolute atomic E-state index is 11.5. The van der Waals surface area contributed by atoms with Crippen molar-refractivity contribution in [3.63, 3.8) is 0 Å². The molecule has 1 unspecified atom stereocenters. The fraction of sp³-hybridized carbons (Fsp3) is 0.538. The van der Waals surface area contributed by atoms with E-state index in [0.29, 0.717) is 6.42 Å². The molecule has 1 aliphatic rings. The van der Waals surface area contributed by atoms with Gasteiger partial charge in [0.05, 0.1) is 11.5 Å². The quantitative estimate of drug-likeness (QED) is 0.828. The molecule has 1 heterocycles. The highest BCUT2D eigenvalue weighted by Gasteiger charge is 2.42. The van der Waals surface area contributed by atoms with Gasteiger partial charge in [0.15, 0.2) is 9.84 Å². The van der Waals surface area contributed by atoms with E-state index in [0.717, 1.165) is 22.3 Å². The van der Waals surface area contributed by atoms with Gasteiger partial charge in [-0.3, -0.25) is 0 Å². The van der Waals surface area contributed by atoms with E-state index in [-0.39, 0.29) is 11.5 Å². The van der Waals surface area contributed by atoms with Gasteiger partial charge in [-0.2, -0.15) is 0 Å². The number of hydrogen-bond donors (Lipinski definition) is 1. The largest absolute Gasteiger partial charge is 0.384 e. The summed E-state index contributed by atoms with van der Waals surface area (Å²) in [6.45, 7) is 5.91. The fourth-order valence-electron chi connectivity index (χ4n) is 2.51. The number of aliphatic hydroxyl groups is 1. The molecule has 94 valence electrons. The van der Waals surface area contributed by atoms with Crippen LogP contribution in [0, 0.1) is 20.8 Å². The van der Waals surface area contributed by atoms with E-state index in [2.05, 4.69) is 0 Å². The summed E-state index contributed by atoms with van der Waals surface area (Å²) in [5.74, 6) is -0.0702. The topological polar surface area (TPSA) is 54.4 Å². The predicted octanol–water partition coefficient (Wildman–Crippen LogP) is 1.62. The Hall–Kier alpha value is -0.870. The van der Waals surface area contributed by atoms with Crippen LogP contribution in [0.15, 0.2) is 12.1 Å². The Labute approximate surface area is 102 Å². The fourth-order valence-corrected chi connectivity index (χ4v) is 4.33. The summed E-state index contributed by atoms with van der Waals surface area (Å²) in [5.41, 5.74) is 2.79. The van der Waals surface area contributed by atoms with Crippen LogP contribution in [0.3, 0.4) is 0 Å². The molecule has 1 aromatic carbocycles. The van der Waals surface area contributed by atoms with Gasteiger partial charge in [-0.15, -0.1) is 0 Å². The van der Waals surface area contributed by atoms with Gasteiger partial charge in [0.1, 0.15) is 5.60 Å². The summed E-state index contributed by atoms with van der Waals surface area (Å²) < 4.78 is 23.0. The van der Waals surface area contributed by atoms with Crippen LogP contribution in [0.4, 0.5) is 0 Å². The molecule has 17 heavy (non-hydrogen) atoms. The molecule has 4 heteroatoms. The first-order chi connectivity index (χ1) is 7.73. The number of aryl methyl sites for hydroxylation is 3. The Balaban J connectivity index is 2.52. The highest BCUT2D eigenvalue weighted by molar-refractivity contribution is 7.91. The Morgan fingerprint density at radius 1 is 1.12 bits per heavy atom. The molecule has 0 spiro atoms. The Bertz CT molecular complexity index is 560. The van der Waals surface area contributed by atoms with Gasteiger partial charge in [-0.1, -0.05) is 12.1 Å². The Morgan fingerprint density at radius 2 is 1.71 bits per heavy atom. The normalized spacial score (nSPS) is 27.3. The maximum Gasteiger partial charge on any atom is 0.153 e. The van der Waals surface area contributed by atoms with Gasteiger partial charge in [0.2, 0.25) is 0 Å². The van der Waals surface area contributed by atoms with Gasteiger partial charge in [-0.05, 0) is 49.4 Å². The lowest BCUT2D eigenvalue weighted by atomic mass is 9.87. The summed E-state index contributed by atoms with van der Waals surface area (Å²) in [5, 5.41) is 10.5. The number of benzene rings is 1. The van der Waals surface area contributed by atoms with Crippen LogP contribution < -0.4 is 0 Å². The summed E-state index contributed by atoms with van der Waals surface area (Å²) in [4.78, 5) is 0. The van der Waals surface area contributed by atoms with Gasteiger partial charge in [0.25, 0.3) is 0 Å². The Kier molecular flexibility index (Phi) is 2.83. The molecule has 1 N–H and O–H groups in total. The predicted molar refractivity (Wildman–Crippen MR) is 67.8 cm³/mol. The molecule has 0 aromatic heterocycles. The first-order valence-electron chi connectivity index (χ1n) is 5.75. The van der Waals surface area contributed by atoms with E-state index in [1.54, 1.807) is 0 Å². The van der Waals surface area contributed by atoms with Crippen molar-refractivity contribution < 1.29 is 13.5 Å². The minimum Gasteiger partial charge on any atom is -0.384 e. The van der Waals surface area contributed by atoms with Crippen LogP contribution in [0.25, 0.3) is 0 Å². The summed E-state index contributed by atoms with van der Waals surface area (Å²) in [6, 6.07) is 3.93. The van der Waals surface area contributed by atoms with Crippen LogP contribution in [-0.2, 0) is 15.4 Å². The standard InChI is InChI=1S/C13H18O3S/c1-9-6-11(3)12(7-10(9)2)13(14)4-5-17(15,16)8-13/h6-7,14H,4-5,8H2,1-3H3. The lowest BCUT2D eigenvalue weighted by Gasteiger charge is -2.24. The minimum absolute atomic E-state index is 0.0792. The smallest absolute Gasteiger partial charge is 0.153 e. The third kappa shape index (κ3) is 2.24. The van der Waals surface area contributed by atoms with Gasteiger partial charge >= 0.3 is 0 Å². The van der Waals surface area contributed by atoms with Crippen molar-refractivity contribution in [3.05, 3.63) is 34.4 Å². The maximum atomic E-state index is 11.5. The number of sulfone groups is 1. The number of hydrogen-bond acceptors (Lipinski definition) is 3. The average Bonchev–Trinajstić information content (AvgIpc) is 2.48. The lowest BCUT2D eigenvalue weighted by Crippen LogP contribution is -2.28. The molecule has 1 fully saturated rings. The second-order valence-electron chi connectivity index (χ2n) is 5.13. The van der Waals surface area contributed by atoms with Crippen LogP contribution in [0.5, 0.6) is 0 Å². The molecule has 1 aliphatic heterocycles. The first kappa shape index (κ1) is 12.6. The van der Waals surface area contributed by atoms with Crippen LogP contribution in [0.1, 0.15) is 28.7 Å². The van der Waals surface area contributed by atoms with Gasteiger partial charge in [-0.25, -0.2) is 8.42 Å². The van der Waals surface area contributed by atoms with Crippen molar-refractivity contribution in [2.75, 3.05) is 11.5 Å². The second kappa shape index (κ2) is 3.82. The third-order valence-electron chi connectivity index (χ3n) is 3.63. The first-order valence-corrected chi connectivity index (χ1v) is 7.57. The SMILES string of the molecule is Cc1cc(C)c(C2(O)CCS(=O)(=O)C2)cc1C. The van der Waals surface area contributed by atoms with E-state index in [9.17, 15) is 13.5 Å². The van der Waals surface area contributed by atoms with Crippen LogP contribution in [-0.4, -0.2) is 25.0 Å². The van der Waals surface area contributed by atoms with E-state index < -0.39 is 15.4 Å². The zero-order valence-electron chi connectivity index (χ0n) is 10.4. The molecular formula is C13H18O3S. The molecule has 2 rings (SSSR count). The highest BCUT2D eigenvalue weighted by atomic mass is 32.2. The highest BCUT2D eigenvalue weighted by Crippen LogP contribution is 2.36. The van der Waals surface area contributed by atoms with Crippen LogP contribution >= 0.6 is 0 Å². The van der Waals surface area contributed by atoms with Crippen molar-refractivity contribution >= 4 is 9.84 Å². The van der Waals surface area contributed by atoms with Crippen molar-refractivity contribution in [3.8, 4) is 0 Å². The summed E-state index contributed by atoms with van der Waals surface area (Å²) >= 11 is 0. The molecule has 3 nitrogen and oxygen atoms in total. The molecule has 0 aliphatic carbocycles. The molecule has 0 radical (unpaired) electrons. The average molecular weight is 254 g/mol. The Morgan fingerprint density at radius 3 is 2.24 bits per heavy atom. The van der Waals surface area contributed by atoms with E-state index in [1.165, 1.54) is 0 Å². The van der Waals surface area contributed by atoms with Gasteiger partial charge in [0, 0.05) is 0 Å². The number of rotatable bonds is 1. The molecule has 1 saturated heterocycles. The van der Waals surface area contributed by atoms with Crippen molar-refractivity contribution in [2.45, 2.75) is 32.8 Å². The van der Waals surface area contributed by atoms with E-state index >= 15 is 0 Å². The third-order valence-corrected chi connectivity index (χ3v) is 5.37. The van der Waals surface area contributed by atoms with Crippen LogP contribution in [0.2, 0.25) is 0 Å².